The first-order valence-electron chi connectivity index (χ1n) is 11.6. The topological polar surface area (TPSA) is 86.8 Å². The van der Waals surface area contributed by atoms with Crippen molar-refractivity contribution in [3.05, 3.63) is 65.2 Å². The molecule has 2 aromatic rings. The summed E-state index contributed by atoms with van der Waals surface area (Å²) in [6, 6.07) is 14.4. The molecule has 0 unspecified atom stereocenters. The van der Waals surface area contributed by atoms with Gasteiger partial charge in [-0.2, -0.15) is 0 Å². The minimum absolute atomic E-state index is 0.0382. The number of nitrogens with one attached hydrogen (secondary N) is 1. The van der Waals surface area contributed by atoms with Crippen molar-refractivity contribution in [2.45, 2.75) is 66.1 Å². The molecule has 0 aromatic heterocycles. The van der Waals surface area contributed by atoms with E-state index in [4.69, 9.17) is 0 Å². The molecule has 0 bridgehead atoms. The maximum Gasteiger partial charge on any atom is 0.242 e. The number of nitrogens with zero attached hydrogens (tertiary/aromatic N) is 2. The third kappa shape index (κ3) is 8.17. The molecule has 8 heteroatoms. The zero-order chi connectivity index (χ0) is 25.5. The number of aryl methyl sites for hydroxylation is 2. The monoisotopic (exact) mass is 487 g/mol. The summed E-state index contributed by atoms with van der Waals surface area (Å²) in [5, 5.41) is 2.87. The molecule has 0 heterocycles. The highest BCUT2D eigenvalue weighted by atomic mass is 32.2. The van der Waals surface area contributed by atoms with Gasteiger partial charge in [-0.25, -0.2) is 8.42 Å². The predicted octanol–water partition coefficient (Wildman–Crippen LogP) is 3.79. The Labute approximate surface area is 204 Å². The Bertz CT molecular complexity index is 1080. The first kappa shape index (κ1) is 27.4. The van der Waals surface area contributed by atoms with E-state index in [-0.39, 0.29) is 30.8 Å². The van der Waals surface area contributed by atoms with Crippen molar-refractivity contribution in [1.82, 2.24) is 10.2 Å². The van der Waals surface area contributed by atoms with Crippen LogP contribution in [-0.2, 0) is 26.2 Å². The molecular formula is C26H37N3O4S. The van der Waals surface area contributed by atoms with Crippen molar-refractivity contribution in [3.63, 3.8) is 0 Å². The van der Waals surface area contributed by atoms with Gasteiger partial charge in [0.05, 0.1) is 11.9 Å². The van der Waals surface area contributed by atoms with Crippen LogP contribution in [0.2, 0.25) is 0 Å². The Morgan fingerprint density at radius 2 is 1.62 bits per heavy atom. The first-order valence-corrected chi connectivity index (χ1v) is 13.4. The van der Waals surface area contributed by atoms with Gasteiger partial charge >= 0.3 is 0 Å². The van der Waals surface area contributed by atoms with Crippen LogP contribution >= 0.6 is 0 Å². The van der Waals surface area contributed by atoms with Crippen LogP contribution in [0.25, 0.3) is 0 Å². The Kier molecular flexibility index (Phi) is 9.67. The Balaban J connectivity index is 2.16. The highest BCUT2D eigenvalue weighted by Gasteiger charge is 2.27. The van der Waals surface area contributed by atoms with Crippen LogP contribution in [0.15, 0.2) is 48.5 Å². The number of hydrogen-bond donors (Lipinski definition) is 1. The van der Waals surface area contributed by atoms with Crippen molar-refractivity contribution in [2.75, 3.05) is 17.1 Å². The lowest BCUT2D eigenvalue weighted by atomic mass is 10.1. The third-order valence-corrected chi connectivity index (χ3v) is 6.70. The zero-order valence-electron chi connectivity index (χ0n) is 21.0. The Morgan fingerprint density at radius 1 is 0.971 bits per heavy atom. The SMILES string of the molecule is Cc1ccc(N(CCCC(=O)N(Cc2cccc(C)c2)[C@H](C)C(=O)NC(C)C)S(C)(=O)=O)cc1. The summed E-state index contributed by atoms with van der Waals surface area (Å²) in [6.45, 7) is 9.88. The Hall–Kier alpha value is -2.87. The number of sulfonamides is 1. The molecule has 2 amide bonds. The van der Waals surface area contributed by atoms with E-state index in [2.05, 4.69) is 5.32 Å². The molecule has 0 spiro atoms. The van der Waals surface area contributed by atoms with Crippen LogP contribution in [0.1, 0.15) is 50.3 Å². The molecule has 1 N–H and O–H groups in total. The van der Waals surface area contributed by atoms with Crippen molar-refractivity contribution in [1.29, 1.82) is 0 Å². The van der Waals surface area contributed by atoms with Crippen molar-refractivity contribution in [2.24, 2.45) is 0 Å². The van der Waals surface area contributed by atoms with Gasteiger partial charge < -0.3 is 10.2 Å². The van der Waals surface area contributed by atoms with E-state index in [0.29, 0.717) is 18.7 Å². The lowest BCUT2D eigenvalue weighted by Gasteiger charge is -2.30. The molecule has 0 fully saturated rings. The molecular weight excluding hydrogens is 450 g/mol. The van der Waals surface area contributed by atoms with Gasteiger partial charge in [0, 0.05) is 25.6 Å². The lowest BCUT2D eigenvalue weighted by molar-refractivity contribution is -0.140. The summed E-state index contributed by atoms with van der Waals surface area (Å²) >= 11 is 0. The number of amides is 2. The Morgan fingerprint density at radius 3 is 2.18 bits per heavy atom. The zero-order valence-corrected chi connectivity index (χ0v) is 21.9. The van der Waals surface area contributed by atoms with Crippen LogP contribution in [0, 0.1) is 13.8 Å². The highest BCUT2D eigenvalue weighted by molar-refractivity contribution is 7.92. The van der Waals surface area contributed by atoms with E-state index in [0.717, 1.165) is 22.9 Å². The van der Waals surface area contributed by atoms with Crippen molar-refractivity contribution >= 4 is 27.5 Å². The molecule has 0 aliphatic rings. The smallest absolute Gasteiger partial charge is 0.242 e. The van der Waals surface area contributed by atoms with Crippen LogP contribution in [-0.4, -0.2) is 50.0 Å². The third-order valence-electron chi connectivity index (χ3n) is 5.51. The minimum atomic E-state index is -3.50. The molecule has 2 aromatic carbocycles. The predicted molar refractivity (Wildman–Crippen MR) is 137 cm³/mol. The van der Waals surface area contributed by atoms with Crippen molar-refractivity contribution in [3.8, 4) is 0 Å². The normalized spacial score (nSPS) is 12.3. The molecule has 0 aliphatic heterocycles. The second-order valence-electron chi connectivity index (χ2n) is 9.12. The summed E-state index contributed by atoms with van der Waals surface area (Å²) in [5.74, 6) is -0.404. The standard InChI is InChI=1S/C26H37N3O4S/c1-19(2)27-26(31)22(5)28(18-23-10-7-9-21(4)17-23)25(30)11-8-16-29(34(6,32)33)24-14-12-20(3)13-15-24/h7,9-10,12-15,17,19,22H,8,11,16,18H2,1-6H3,(H,27,31)/t22-/m1/s1. The maximum absolute atomic E-state index is 13.3. The molecule has 0 aliphatic carbocycles. The van der Waals surface area contributed by atoms with E-state index in [1.165, 1.54) is 4.31 Å². The van der Waals surface area contributed by atoms with Crippen LogP contribution in [0.3, 0.4) is 0 Å². The molecule has 186 valence electrons. The lowest BCUT2D eigenvalue weighted by Crippen LogP contribution is -2.49. The molecule has 0 radical (unpaired) electrons. The fourth-order valence-electron chi connectivity index (χ4n) is 3.71. The van der Waals surface area contributed by atoms with Crippen LogP contribution in [0.5, 0.6) is 0 Å². The highest BCUT2D eigenvalue weighted by Crippen LogP contribution is 2.20. The first-order chi connectivity index (χ1) is 15.9. The molecule has 34 heavy (non-hydrogen) atoms. The number of rotatable bonds is 11. The van der Waals surface area contributed by atoms with E-state index in [9.17, 15) is 18.0 Å². The average Bonchev–Trinajstić information content (AvgIpc) is 2.74. The van der Waals surface area contributed by atoms with Gasteiger partial charge in [0.2, 0.25) is 21.8 Å². The molecule has 0 saturated carbocycles. The summed E-state index contributed by atoms with van der Waals surface area (Å²) in [4.78, 5) is 27.5. The second kappa shape index (κ2) is 12.0. The van der Waals surface area contributed by atoms with Gasteiger partial charge in [-0.3, -0.25) is 13.9 Å². The van der Waals surface area contributed by atoms with Crippen LogP contribution in [0.4, 0.5) is 5.69 Å². The fourth-order valence-corrected chi connectivity index (χ4v) is 4.68. The van der Waals surface area contributed by atoms with Gasteiger partial charge in [0.25, 0.3) is 0 Å². The number of carbonyl (C=O) groups is 2. The van der Waals surface area contributed by atoms with Gasteiger partial charge in [-0.1, -0.05) is 47.5 Å². The summed E-state index contributed by atoms with van der Waals surface area (Å²) in [6.07, 6.45) is 1.63. The molecule has 7 nitrogen and oxygen atoms in total. The van der Waals surface area contributed by atoms with Crippen molar-refractivity contribution < 1.29 is 18.0 Å². The van der Waals surface area contributed by atoms with Gasteiger partial charge in [-0.05, 0) is 58.7 Å². The number of benzene rings is 2. The van der Waals surface area contributed by atoms with Gasteiger partial charge in [0.1, 0.15) is 6.04 Å². The molecule has 1 atom stereocenters. The summed E-state index contributed by atoms with van der Waals surface area (Å²) in [7, 11) is -3.50. The largest absolute Gasteiger partial charge is 0.352 e. The number of anilines is 1. The van der Waals surface area contributed by atoms with Gasteiger partial charge in [-0.15, -0.1) is 0 Å². The molecule has 2 rings (SSSR count). The van der Waals surface area contributed by atoms with Crippen LogP contribution < -0.4 is 9.62 Å². The number of carbonyl (C=O) groups excluding carboxylic acids is 2. The van der Waals surface area contributed by atoms with E-state index in [1.54, 1.807) is 24.0 Å². The molecule has 0 saturated heterocycles. The fraction of sp³-hybridized carbons (Fsp3) is 0.462. The van der Waals surface area contributed by atoms with E-state index < -0.39 is 16.1 Å². The maximum atomic E-state index is 13.3. The van der Waals surface area contributed by atoms with Gasteiger partial charge in [0.15, 0.2) is 0 Å². The average molecular weight is 488 g/mol. The summed E-state index contributed by atoms with van der Waals surface area (Å²) < 4.78 is 26.1. The van der Waals surface area contributed by atoms with E-state index in [1.807, 2.05) is 64.1 Å². The van der Waals surface area contributed by atoms with E-state index >= 15 is 0 Å². The second-order valence-corrected chi connectivity index (χ2v) is 11.0. The number of hydrogen-bond acceptors (Lipinski definition) is 4. The minimum Gasteiger partial charge on any atom is -0.352 e. The quantitative estimate of drug-likeness (QED) is 0.522. The summed E-state index contributed by atoms with van der Waals surface area (Å²) in [5.41, 5.74) is 3.62.